The van der Waals surface area contributed by atoms with Crippen LogP contribution in [0.25, 0.3) is 0 Å². The Morgan fingerprint density at radius 1 is 1.22 bits per heavy atom. The van der Waals surface area contributed by atoms with Crippen molar-refractivity contribution < 1.29 is 27.5 Å². The third-order valence-electron chi connectivity index (χ3n) is 2.03. The van der Waals surface area contributed by atoms with Crippen molar-refractivity contribution in [3.63, 3.8) is 0 Å². The number of nitrogens with one attached hydrogen (secondary N) is 1. The van der Waals surface area contributed by atoms with Crippen LogP contribution >= 0.6 is 0 Å². The number of carbonyl (C=O) groups is 2. The minimum Gasteiger partial charge on any atom is -0.469 e. The number of rotatable bonds is 3. The van der Waals surface area contributed by atoms with E-state index in [0.717, 1.165) is 31.4 Å². The maximum absolute atomic E-state index is 12.3. The van der Waals surface area contributed by atoms with Crippen molar-refractivity contribution in [1.29, 1.82) is 0 Å². The molecular formula is C11H10F3NO3. The van der Waals surface area contributed by atoms with Crippen LogP contribution in [0.4, 0.5) is 18.9 Å². The van der Waals surface area contributed by atoms with E-state index in [1.165, 1.54) is 0 Å². The van der Waals surface area contributed by atoms with Gasteiger partial charge < -0.3 is 10.1 Å². The lowest BCUT2D eigenvalue weighted by atomic mass is 10.2. The maximum Gasteiger partial charge on any atom is 0.416 e. The van der Waals surface area contributed by atoms with Gasteiger partial charge in [-0.15, -0.1) is 0 Å². The number of methoxy groups -OCH3 is 1. The number of carbonyl (C=O) groups excluding carboxylic acids is 2. The smallest absolute Gasteiger partial charge is 0.416 e. The van der Waals surface area contributed by atoms with Gasteiger partial charge in [-0.2, -0.15) is 13.2 Å². The SMILES string of the molecule is COC(=O)CC(=O)Nc1ccc(C(F)(F)F)cc1. The summed E-state index contributed by atoms with van der Waals surface area (Å²) in [4.78, 5) is 22.0. The van der Waals surface area contributed by atoms with Crippen LogP contribution in [0, 0.1) is 0 Å². The molecule has 1 rings (SSSR count). The molecule has 18 heavy (non-hydrogen) atoms. The Bertz CT molecular complexity index is 440. The predicted molar refractivity (Wildman–Crippen MR) is 56.7 cm³/mol. The summed E-state index contributed by atoms with van der Waals surface area (Å²) in [5, 5.41) is 2.28. The summed E-state index contributed by atoms with van der Waals surface area (Å²) in [7, 11) is 1.13. The minimum absolute atomic E-state index is 0.178. The molecule has 1 aromatic carbocycles. The first-order valence-corrected chi connectivity index (χ1v) is 4.87. The van der Waals surface area contributed by atoms with E-state index < -0.39 is 30.0 Å². The highest BCUT2D eigenvalue weighted by molar-refractivity contribution is 6.01. The van der Waals surface area contributed by atoms with Gasteiger partial charge in [-0.1, -0.05) is 0 Å². The fourth-order valence-electron chi connectivity index (χ4n) is 1.15. The molecule has 0 fully saturated rings. The number of alkyl halides is 3. The van der Waals surface area contributed by atoms with Crippen molar-refractivity contribution in [3.05, 3.63) is 29.8 Å². The van der Waals surface area contributed by atoms with Crippen LogP contribution in [-0.2, 0) is 20.5 Å². The summed E-state index contributed by atoms with van der Waals surface area (Å²) in [6.45, 7) is 0. The van der Waals surface area contributed by atoms with Crippen LogP contribution in [0.2, 0.25) is 0 Å². The van der Waals surface area contributed by atoms with E-state index in [2.05, 4.69) is 10.1 Å². The second-order valence-corrected chi connectivity index (χ2v) is 3.38. The Balaban J connectivity index is 2.64. The molecule has 0 saturated carbocycles. The van der Waals surface area contributed by atoms with Crippen LogP contribution in [0.1, 0.15) is 12.0 Å². The van der Waals surface area contributed by atoms with Gasteiger partial charge in [0.05, 0.1) is 12.7 Å². The van der Waals surface area contributed by atoms with Crippen molar-refractivity contribution in [3.8, 4) is 0 Å². The first-order valence-electron chi connectivity index (χ1n) is 4.87. The van der Waals surface area contributed by atoms with Gasteiger partial charge in [0.25, 0.3) is 0 Å². The fourth-order valence-corrected chi connectivity index (χ4v) is 1.15. The molecule has 98 valence electrons. The molecule has 1 N–H and O–H groups in total. The second-order valence-electron chi connectivity index (χ2n) is 3.38. The number of esters is 1. The quantitative estimate of drug-likeness (QED) is 0.670. The summed E-state index contributed by atoms with van der Waals surface area (Å²) in [5.41, 5.74) is -0.634. The second kappa shape index (κ2) is 5.52. The molecule has 0 bridgehead atoms. The summed E-state index contributed by atoms with van der Waals surface area (Å²) in [6.07, 6.45) is -4.91. The highest BCUT2D eigenvalue weighted by Crippen LogP contribution is 2.29. The number of hydrogen-bond donors (Lipinski definition) is 1. The van der Waals surface area contributed by atoms with E-state index in [4.69, 9.17) is 0 Å². The van der Waals surface area contributed by atoms with Crippen LogP contribution in [0.3, 0.4) is 0 Å². The van der Waals surface area contributed by atoms with Crippen LogP contribution in [0.5, 0.6) is 0 Å². The topological polar surface area (TPSA) is 55.4 Å². The highest BCUT2D eigenvalue weighted by atomic mass is 19.4. The Kier molecular flexibility index (Phi) is 4.30. The molecule has 0 radical (unpaired) electrons. The summed E-state index contributed by atoms with van der Waals surface area (Å²) >= 11 is 0. The monoisotopic (exact) mass is 261 g/mol. The molecule has 0 unspecified atom stereocenters. The third kappa shape index (κ3) is 4.08. The molecule has 7 heteroatoms. The molecule has 1 aromatic rings. The van der Waals surface area contributed by atoms with Gasteiger partial charge >= 0.3 is 12.1 Å². The average molecular weight is 261 g/mol. The van der Waals surface area contributed by atoms with Gasteiger partial charge in [0, 0.05) is 5.69 Å². The Hall–Kier alpha value is -2.05. The zero-order chi connectivity index (χ0) is 13.8. The molecule has 0 aliphatic heterocycles. The summed E-state index contributed by atoms with van der Waals surface area (Å²) in [6, 6.07) is 3.90. The van der Waals surface area contributed by atoms with Crippen LogP contribution in [0.15, 0.2) is 24.3 Å². The number of ether oxygens (including phenoxy) is 1. The summed E-state index contributed by atoms with van der Waals surface area (Å²) in [5.74, 6) is -1.37. The molecule has 0 aliphatic rings. The Morgan fingerprint density at radius 3 is 2.22 bits per heavy atom. The van der Waals surface area contributed by atoms with Gasteiger partial charge in [-0.3, -0.25) is 9.59 Å². The van der Waals surface area contributed by atoms with Crippen molar-refractivity contribution in [1.82, 2.24) is 0 Å². The number of halogens is 3. The molecule has 0 aromatic heterocycles. The van der Waals surface area contributed by atoms with Gasteiger partial charge in [0.1, 0.15) is 6.42 Å². The zero-order valence-electron chi connectivity index (χ0n) is 9.38. The molecule has 0 saturated heterocycles. The lowest BCUT2D eigenvalue weighted by Gasteiger charge is -2.08. The van der Waals surface area contributed by atoms with E-state index in [1.807, 2.05) is 0 Å². The van der Waals surface area contributed by atoms with Gasteiger partial charge in [0.2, 0.25) is 5.91 Å². The third-order valence-corrected chi connectivity index (χ3v) is 2.03. The first-order chi connectivity index (χ1) is 8.32. The van der Waals surface area contributed by atoms with Crippen LogP contribution in [-0.4, -0.2) is 19.0 Å². The largest absolute Gasteiger partial charge is 0.469 e. The fraction of sp³-hybridized carbons (Fsp3) is 0.273. The van der Waals surface area contributed by atoms with E-state index in [0.29, 0.717) is 0 Å². The van der Waals surface area contributed by atoms with E-state index in [1.54, 1.807) is 0 Å². The Labute approximate surface area is 101 Å². The number of benzene rings is 1. The molecule has 0 heterocycles. The van der Waals surface area contributed by atoms with Crippen molar-refractivity contribution in [2.24, 2.45) is 0 Å². The number of amides is 1. The van der Waals surface area contributed by atoms with Crippen molar-refractivity contribution in [2.75, 3.05) is 12.4 Å². The zero-order valence-corrected chi connectivity index (χ0v) is 9.38. The molecule has 0 atom stereocenters. The van der Waals surface area contributed by atoms with Gasteiger partial charge in [-0.05, 0) is 24.3 Å². The summed E-state index contributed by atoms with van der Waals surface area (Å²) < 4.78 is 41.0. The number of hydrogen-bond acceptors (Lipinski definition) is 3. The lowest BCUT2D eigenvalue weighted by Crippen LogP contribution is -2.17. The average Bonchev–Trinajstić information content (AvgIpc) is 2.28. The van der Waals surface area contributed by atoms with E-state index in [-0.39, 0.29) is 5.69 Å². The molecule has 4 nitrogen and oxygen atoms in total. The number of anilines is 1. The molecule has 0 spiro atoms. The standard InChI is InChI=1S/C11H10F3NO3/c1-18-10(17)6-9(16)15-8-4-2-7(3-5-8)11(12,13)14/h2-5H,6H2,1H3,(H,15,16). The highest BCUT2D eigenvalue weighted by Gasteiger charge is 2.29. The van der Waals surface area contributed by atoms with E-state index in [9.17, 15) is 22.8 Å². The molecular weight excluding hydrogens is 251 g/mol. The van der Waals surface area contributed by atoms with Crippen molar-refractivity contribution in [2.45, 2.75) is 12.6 Å². The van der Waals surface area contributed by atoms with E-state index >= 15 is 0 Å². The molecule has 1 amide bonds. The molecule has 0 aliphatic carbocycles. The van der Waals surface area contributed by atoms with Gasteiger partial charge in [0.15, 0.2) is 0 Å². The predicted octanol–water partition coefficient (Wildman–Crippen LogP) is 2.21. The normalized spacial score (nSPS) is 10.9. The lowest BCUT2D eigenvalue weighted by molar-refractivity contribution is -0.143. The van der Waals surface area contributed by atoms with Gasteiger partial charge in [-0.25, -0.2) is 0 Å². The minimum atomic E-state index is -4.42. The Morgan fingerprint density at radius 2 is 1.78 bits per heavy atom. The maximum atomic E-state index is 12.3. The van der Waals surface area contributed by atoms with Crippen LogP contribution < -0.4 is 5.32 Å². The first kappa shape index (κ1) is 14.0. The van der Waals surface area contributed by atoms with Crippen molar-refractivity contribution >= 4 is 17.6 Å².